The van der Waals surface area contributed by atoms with Crippen molar-refractivity contribution in [3.05, 3.63) is 69.2 Å². The van der Waals surface area contributed by atoms with Crippen LogP contribution in [0.3, 0.4) is 0 Å². The molecular formula is C16H11ClN4O3S. The molecule has 1 aromatic heterocycles. The molecule has 3 aromatic rings. The lowest BCUT2D eigenvalue weighted by molar-refractivity contribution is -0.384. The maximum Gasteiger partial charge on any atom is 0.270 e. The monoisotopic (exact) mass is 374 g/mol. The Morgan fingerprint density at radius 1 is 1.24 bits per heavy atom. The molecule has 0 saturated heterocycles. The van der Waals surface area contributed by atoms with E-state index in [-0.39, 0.29) is 22.8 Å². The number of hydrogen-bond acceptors (Lipinski definition) is 6. The Bertz CT molecular complexity index is 927. The number of rotatable bonds is 6. The lowest BCUT2D eigenvalue weighted by Crippen LogP contribution is -2.03. The first-order valence-corrected chi connectivity index (χ1v) is 8.48. The molecule has 0 fully saturated rings. The molecule has 9 heteroatoms. The number of Topliss-reactive ketones (excluding diaryl/α,β-unsaturated/α-hetero) is 1. The van der Waals surface area contributed by atoms with Crippen molar-refractivity contribution >= 4 is 34.8 Å². The minimum absolute atomic E-state index is 0.0824. The topological polar surface area (TPSA) is 102 Å². The molecule has 3 rings (SSSR count). The first-order valence-electron chi connectivity index (χ1n) is 7.12. The van der Waals surface area contributed by atoms with Gasteiger partial charge in [0, 0.05) is 28.3 Å². The van der Waals surface area contributed by atoms with Crippen LogP contribution in [0.1, 0.15) is 10.4 Å². The van der Waals surface area contributed by atoms with Gasteiger partial charge in [-0.25, -0.2) is 4.98 Å². The average molecular weight is 375 g/mol. The molecule has 1 N–H and O–H groups in total. The molecule has 0 aliphatic carbocycles. The summed E-state index contributed by atoms with van der Waals surface area (Å²) in [5.41, 5.74) is 1.00. The molecule has 0 saturated carbocycles. The second-order valence-electron chi connectivity index (χ2n) is 4.99. The van der Waals surface area contributed by atoms with Crippen molar-refractivity contribution in [1.29, 1.82) is 0 Å². The maximum absolute atomic E-state index is 12.2. The van der Waals surface area contributed by atoms with Gasteiger partial charge in [-0.2, -0.15) is 0 Å². The fourth-order valence-electron chi connectivity index (χ4n) is 2.05. The van der Waals surface area contributed by atoms with Crippen molar-refractivity contribution in [1.82, 2.24) is 15.2 Å². The minimum atomic E-state index is -0.530. The van der Waals surface area contributed by atoms with Gasteiger partial charge in [-0.15, -0.1) is 5.10 Å². The van der Waals surface area contributed by atoms with E-state index in [9.17, 15) is 14.9 Å². The highest BCUT2D eigenvalue weighted by molar-refractivity contribution is 7.99. The van der Waals surface area contributed by atoms with E-state index in [1.165, 1.54) is 18.2 Å². The van der Waals surface area contributed by atoms with E-state index < -0.39 is 4.92 Å². The number of nitrogens with one attached hydrogen (secondary N) is 1. The molecule has 0 bridgehead atoms. The van der Waals surface area contributed by atoms with Crippen LogP contribution in [-0.4, -0.2) is 31.6 Å². The lowest BCUT2D eigenvalue weighted by atomic mass is 10.1. The number of H-pyrrole nitrogens is 1. The Morgan fingerprint density at radius 2 is 2.00 bits per heavy atom. The van der Waals surface area contributed by atoms with E-state index >= 15 is 0 Å². The number of thioether (sulfide) groups is 1. The van der Waals surface area contributed by atoms with E-state index in [0.717, 1.165) is 17.3 Å². The molecule has 0 amide bonds. The Kier molecular flexibility index (Phi) is 5.11. The molecule has 25 heavy (non-hydrogen) atoms. The maximum atomic E-state index is 12.2. The van der Waals surface area contributed by atoms with E-state index in [1.807, 2.05) is 12.1 Å². The van der Waals surface area contributed by atoms with Gasteiger partial charge in [-0.3, -0.25) is 20.0 Å². The highest BCUT2D eigenvalue weighted by Crippen LogP contribution is 2.22. The number of hydrogen-bond donors (Lipinski definition) is 1. The van der Waals surface area contributed by atoms with Gasteiger partial charge in [0.25, 0.3) is 5.69 Å². The van der Waals surface area contributed by atoms with Crippen molar-refractivity contribution in [2.45, 2.75) is 5.16 Å². The molecule has 1 heterocycles. The summed E-state index contributed by atoms with van der Waals surface area (Å²) in [5.74, 6) is 0.424. The van der Waals surface area contributed by atoms with Gasteiger partial charge in [-0.1, -0.05) is 35.5 Å². The van der Waals surface area contributed by atoms with Crippen LogP contribution in [0, 0.1) is 10.1 Å². The fourth-order valence-corrected chi connectivity index (χ4v) is 2.87. The summed E-state index contributed by atoms with van der Waals surface area (Å²) >= 11 is 7.01. The van der Waals surface area contributed by atoms with Crippen LogP contribution in [0.5, 0.6) is 0 Å². The third-order valence-corrected chi connectivity index (χ3v) is 4.39. The zero-order valence-corrected chi connectivity index (χ0v) is 14.3. The normalized spacial score (nSPS) is 10.6. The van der Waals surface area contributed by atoms with Gasteiger partial charge in [0.05, 0.1) is 10.7 Å². The number of non-ortho nitro benzene ring substituents is 1. The Labute approximate surface area is 151 Å². The van der Waals surface area contributed by atoms with Gasteiger partial charge in [-0.05, 0) is 24.3 Å². The molecule has 0 aliphatic heterocycles. The van der Waals surface area contributed by atoms with Crippen LogP contribution in [0.25, 0.3) is 11.4 Å². The zero-order valence-electron chi connectivity index (χ0n) is 12.7. The second-order valence-corrected chi connectivity index (χ2v) is 6.37. The Morgan fingerprint density at radius 3 is 2.72 bits per heavy atom. The first-order chi connectivity index (χ1) is 12.0. The van der Waals surface area contributed by atoms with Crippen LogP contribution in [0.4, 0.5) is 5.69 Å². The zero-order chi connectivity index (χ0) is 17.8. The Hall–Kier alpha value is -2.71. The van der Waals surface area contributed by atoms with E-state index in [2.05, 4.69) is 15.2 Å². The number of nitro benzene ring substituents is 1. The van der Waals surface area contributed by atoms with Crippen LogP contribution >= 0.6 is 23.4 Å². The fraction of sp³-hybridized carbons (Fsp3) is 0.0625. The number of nitrogens with zero attached hydrogens (tertiary/aromatic N) is 3. The van der Waals surface area contributed by atoms with E-state index in [1.54, 1.807) is 18.2 Å². The molecular weight excluding hydrogens is 364 g/mol. The summed E-state index contributed by atoms with van der Waals surface area (Å²) in [6.07, 6.45) is 0. The largest absolute Gasteiger partial charge is 0.293 e. The second kappa shape index (κ2) is 7.45. The van der Waals surface area contributed by atoms with Gasteiger partial charge in [0.1, 0.15) is 0 Å². The number of benzene rings is 2. The van der Waals surface area contributed by atoms with E-state index in [0.29, 0.717) is 16.0 Å². The SMILES string of the molecule is O=C(CSc1n[nH]c(-c2ccc(Cl)cc2)n1)c1cccc([N+](=O)[O-])c1. The van der Waals surface area contributed by atoms with Crippen molar-refractivity contribution < 1.29 is 9.72 Å². The predicted molar refractivity (Wildman–Crippen MR) is 95.0 cm³/mol. The molecule has 0 radical (unpaired) electrons. The quantitative estimate of drug-likeness (QED) is 0.303. The van der Waals surface area contributed by atoms with Crippen LogP contribution in [0.15, 0.2) is 53.7 Å². The third-order valence-electron chi connectivity index (χ3n) is 3.29. The van der Waals surface area contributed by atoms with Crippen LogP contribution in [0.2, 0.25) is 5.02 Å². The summed E-state index contributed by atoms with van der Waals surface area (Å²) in [6.45, 7) is 0. The van der Waals surface area contributed by atoms with Crippen LogP contribution < -0.4 is 0 Å². The third kappa shape index (κ3) is 4.23. The highest BCUT2D eigenvalue weighted by atomic mass is 35.5. The number of aromatic amines is 1. The van der Waals surface area contributed by atoms with Crippen LogP contribution in [-0.2, 0) is 0 Å². The molecule has 7 nitrogen and oxygen atoms in total. The summed E-state index contributed by atoms with van der Waals surface area (Å²) in [4.78, 5) is 26.7. The number of aromatic nitrogens is 3. The van der Waals surface area contributed by atoms with Gasteiger partial charge in [0.2, 0.25) is 5.16 Å². The lowest BCUT2D eigenvalue weighted by Gasteiger charge is -1.99. The molecule has 126 valence electrons. The number of carbonyl (C=O) groups excluding carboxylic acids is 1. The highest BCUT2D eigenvalue weighted by Gasteiger charge is 2.13. The predicted octanol–water partition coefficient (Wildman–Crippen LogP) is 4.01. The van der Waals surface area contributed by atoms with Gasteiger partial charge < -0.3 is 0 Å². The number of nitro groups is 1. The van der Waals surface area contributed by atoms with E-state index in [4.69, 9.17) is 11.6 Å². The van der Waals surface area contributed by atoms with Crippen molar-refractivity contribution in [2.75, 3.05) is 5.75 Å². The van der Waals surface area contributed by atoms with Crippen molar-refractivity contribution in [2.24, 2.45) is 0 Å². The molecule has 0 atom stereocenters. The Balaban J connectivity index is 1.66. The number of halogens is 1. The minimum Gasteiger partial charge on any atom is -0.293 e. The number of ketones is 1. The number of carbonyl (C=O) groups is 1. The summed E-state index contributed by atoms with van der Waals surface area (Å²) in [5, 5.41) is 18.7. The molecule has 2 aromatic carbocycles. The molecule has 0 unspecified atom stereocenters. The smallest absolute Gasteiger partial charge is 0.270 e. The summed E-state index contributed by atoms with van der Waals surface area (Å²) in [6, 6.07) is 12.8. The average Bonchev–Trinajstić information content (AvgIpc) is 3.09. The summed E-state index contributed by atoms with van der Waals surface area (Å²) in [7, 11) is 0. The molecule has 0 spiro atoms. The molecule has 0 aliphatic rings. The van der Waals surface area contributed by atoms with Crippen molar-refractivity contribution in [3.63, 3.8) is 0 Å². The summed E-state index contributed by atoms with van der Waals surface area (Å²) < 4.78 is 0. The standard InChI is InChI=1S/C16H11ClN4O3S/c17-12-6-4-10(5-7-12)15-18-16(20-19-15)25-9-14(22)11-2-1-3-13(8-11)21(23)24/h1-8H,9H2,(H,18,19,20). The van der Waals surface area contributed by atoms with Crippen molar-refractivity contribution in [3.8, 4) is 11.4 Å². The first kappa shape index (κ1) is 17.1. The van der Waals surface area contributed by atoms with Gasteiger partial charge >= 0.3 is 0 Å². The van der Waals surface area contributed by atoms with Gasteiger partial charge in [0.15, 0.2) is 11.6 Å².